The lowest BCUT2D eigenvalue weighted by Gasteiger charge is -2.36. The molecule has 2 fully saturated rings. The Morgan fingerprint density at radius 2 is 1.84 bits per heavy atom. The van der Waals surface area contributed by atoms with E-state index < -0.39 is 28.2 Å². The molecule has 1 aromatic carbocycles. The highest BCUT2D eigenvalue weighted by Crippen LogP contribution is 2.27. The maximum Gasteiger partial charge on any atom is 0.409 e. The summed E-state index contributed by atoms with van der Waals surface area (Å²) in [4.78, 5) is 28.5. The molecule has 3 rings (SSSR count). The van der Waals surface area contributed by atoms with Crippen LogP contribution in [0.2, 0.25) is 0 Å². The highest BCUT2D eigenvalue weighted by atomic mass is 32.2. The molecule has 0 saturated carbocycles. The summed E-state index contributed by atoms with van der Waals surface area (Å²) >= 11 is 0. The molecule has 1 aromatic rings. The Hall–Kier alpha value is -2.17. The van der Waals surface area contributed by atoms with Gasteiger partial charge in [-0.2, -0.15) is 8.42 Å². The van der Waals surface area contributed by atoms with Crippen LogP contribution in [0.5, 0.6) is 0 Å². The summed E-state index contributed by atoms with van der Waals surface area (Å²) in [6.07, 6.45) is 1.66. The normalized spacial score (nSPS) is 22.4. The number of carbonyl (C=O) groups excluding carboxylic acids is 2. The van der Waals surface area contributed by atoms with Gasteiger partial charge in [-0.25, -0.2) is 4.79 Å². The number of ether oxygens (including phenoxy) is 2. The van der Waals surface area contributed by atoms with Gasteiger partial charge in [-0.05, 0) is 24.8 Å². The van der Waals surface area contributed by atoms with Crippen LogP contribution in [-0.2, 0) is 35.2 Å². The number of hydrogen-bond donors (Lipinski definition) is 0. The van der Waals surface area contributed by atoms with Crippen LogP contribution in [0.1, 0.15) is 38.2 Å². The van der Waals surface area contributed by atoms with Crippen LogP contribution in [0.25, 0.3) is 0 Å². The Bertz CT molecular complexity index is 870. The first kappa shape index (κ1) is 24.5. The molecule has 0 unspecified atom stereocenters. The third-order valence-corrected chi connectivity index (χ3v) is 6.27. The first-order valence-electron chi connectivity index (χ1n) is 11.0. The van der Waals surface area contributed by atoms with E-state index in [1.807, 2.05) is 37.3 Å². The molecule has 178 valence electrons. The lowest BCUT2D eigenvalue weighted by Crippen LogP contribution is -2.48. The van der Waals surface area contributed by atoms with Gasteiger partial charge in [0.15, 0.2) is 6.10 Å². The second kappa shape index (κ2) is 11.1. The van der Waals surface area contributed by atoms with E-state index in [0.29, 0.717) is 32.5 Å². The van der Waals surface area contributed by atoms with Crippen LogP contribution in [0.4, 0.5) is 4.79 Å². The molecular formula is C22H32N2O7S. The number of likely N-dealkylation sites (tertiary alicyclic amines) is 2. The summed E-state index contributed by atoms with van der Waals surface area (Å²) < 4.78 is 39.8. The van der Waals surface area contributed by atoms with Crippen molar-refractivity contribution >= 4 is 22.1 Å². The number of amides is 2. The van der Waals surface area contributed by atoms with Gasteiger partial charge in [0, 0.05) is 19.1 Å². The number of hydrogen-bond acceptors (Lipinski definition) is 7. The predicted molar refractivity (Wildman–Crippen MR) is 117 cm³/mol. The van der Waals surface area contributed by atoms with E-state index >= 15 is 0 Å². The van der Waals surface area contributed by atoms with Crippen molar-refractivity contribution in [2.45, 2.75) is 57.5 Å². The third-order valence-electron chi connectivity index (χ3n) is 5.71. The van der Waals surface area contributed by atoms with Gasteiger partial charge in [-0.3, -0.25) is 8.98 Å². The van der Waals surface area contributed by atoms with Crippen molar-refractivity contribution in [3.05, 3.63) is 35.9 Å². The topological polar surface area (TPSA) is 102 Å². The largest absolute Gasteiger partial charge is 0.449 e. The Balaban J connectivity index is 1.60. The van der Waals surface area contributed by atoms with Gasteiger partial charge < -0.3 is 19.3 Å². The third kappa shape index (κ3) is 6.66. The van der Waals surface area contributed by atoms with Gasteiger partial charge in [-0.15, -0.1) is 0 Å². The second-order valence-corrected chi connectivity index (χ2v) is 9.83. The number of unbranched alkanes of at least 4 members (excludes halogenated alkanes) is 1. The zero-order chi connectivity index (χ0) is 23.1. The van der Waals surface area contributed by atoms with Crippen LogP contribution in [0, 0.1) is 0 Å². The number of rotatable bonds is 9. The summed E-state index contributed by atoms with van der Waals surface area (Å²) in [5.41, 5.74) is 0.923. The highest BCUT2D eigenvalue weighted by molar-refractivity contribution is 7.86. The Morgan fingerprint density at radius 1 is 1.16 bits per heavy atom. The van der Waals surface area contributed by atoms with Crippen molar-refractivity contribution in [3.8, 4) is 0 Å². The Kier molecular flexibility index (Phi) is 8.50. The lowest BCUT2D eigenvalue weighted by molar-refractivity contribution is -0.137. The average molecular weight is 469 g/mol. The van der Waals surface area contributed by atoms with Crippen molar-refractivity contribution in [1.29, 1.82) is 0 Å². The lowest BCUT2D eigenvalue weighted by atomic mass is 10.0. The molecule has 2 aliphatic rings. The van der Waals surface area contributed by atoms with Gasteiger partial charge in [-0.1, -0.05) is 43.7 Å². The zero-order valence-electron chi connectivity index (χ0n) is 18.6. The second-order valence-electron chi connectivity index (χ2n) is 8.23. The minimum absolute atomic E-state index is 0.113. The van der Waals surface area contributed by atoms with Crippen LogP contribution in [0.15, 0.2) is 30.3 Å². The summed E-state index contributed by atoms with van der Waals surface area (Å²) in [5.74, 6) is -0.391. The van der Waals surface area contributed by atoms with E-state index in [9.17, 15) is 18.0 Å². The maximum atomic E-state index is 13.0. The van der Waals surface area contributed by atoms with E-state index in [2.05, 4.69) is 0 Å². The van der Waals surface area contributed by atoms with Crippen LogP contribution >= 0.6 is 0 Å². The van der Waals surface area contributed by atoms with Crippen LogP contribution in [-0.4, -0.2) is 81.0 Å². The standard InChI is InChI=1S/C22H32N2O7S/c1-3-4-14-29-22(26)23-12-10-18(11-13-23)24-15-19(20(21(24)25)31-32(2,27)28)30-16-17-8-6-5-7-9-17/h5-9,18-20H,3-4,10-16H2,1-2H3/t19-,20+/m0/s1. The average Bonchev–Trinajstić information content (AvgIpc) is 3.07. The van der Waals surface area contributed by atoms with Crippen molar-refractivity contribution in [3.63, 3.8) is 0 Å². The van der Waals surface area contributed by atoms with Crippen molar-refractivity contribution in [1.82, 2.24) is 9.80 Å². The Labute approximate surface area is 189 Å². The number of piperidine rings is 1. The summed E-state index contributed by atoms with van der Waals surface area (Å²) in [6.45, 7) is 3.89. The summed E-state index contributed by atoms with van der Waals surface area (Å²) in [7, 11) is -3.84. The van der Waals surface area contributed by atoms with E-state index in [4.69, 9.17) is 13.7 Å². The fraction of sp³-hybridized carbons (Fsp3) is 0.636. The number of carbonyl (C=O) groups is 2. The first-order chi connectivity index (χ1) is 15.3. The number of nitrogens with zero attached hydrogens (tertiary/aromatic N) is 2. The monoisotopic (exact) mass is 468 g/mol. The zero-order valence-corrected chi connectivity index (χ0v) is 19.5. The van der Waals surface area contributed by atoms with E-state index in [-0.39, 0.29) is 25.3 Å². The fourth-order valence-corrected chi connectivity index (χ4v) is 4.58. The Morgan fingerprint density at radius 3 is 2.47 bits per heavy atom. The summed E-state index contributed by atoms with van der Waals surface area (Å²) in [5, 5.41) is 0. The molecule has 0 aliphatic carbocycles. The SMILES string of the molecule is CCCCOC(=O)N1CCC(N2C[C@H](OCc3ccccc3)[C@@H](OS(C)(=O)=O)C2=O)CC1. The quantitative estimate of drug-likeness (QED) is 0.404. The van der Waals surface area contributed by atoms with E-state index in [0.717, 1.165) is 24.7 Å². The molecule has 0 bridgehead atoms. The van der Waals surface area contributed by atoms with Crippen molar-refractivity contribution in [2.24, 2.45) is 0 Å². The van der Waals surface area contributed by atoms with Crippen LogP contribution in [0.3, 0.4) is 0 Å². The summed E-state index contributed by atoms with van der Waals surface area (Å²) in [6, 6.07) is 9.35. The molecule has 2 heterocycles. The molecular weight excluding hydrogens is 436 g/mol. The molecule has 0 aromatic heterocycles. The smallest absolute Gasteiger partial charge is 0.409 e. The molecule has 0 radical (unpaired) electrons. The molecule has 9 nitrogen and oxygen atoms in total. The van der Waals surface area contributed by atoms with Gasteiger partial charge >= 0.3 is 6.09 Å². The van der Waals surface area contributed by atoms with Gasteiger partial charge in [0.1, 0.15) is 6.10 Å². The fourth-order valence-electron chi connectivity index (χ4n) is 4.00. The van der Waals surface area contributed by atoms with Gasteiger partial charge in [0.25, 0.3) is 16.0 Å². The molecule has 2 atom stereocenters. The van der Waals surface area contributed by atoms with E-state index in [1.54, 1.807) is 9.80 Å². The number of benzene rings is 1. The van der Waals surface area contributed by atoms with E-state index in [1.165, 1.54) is 0 Å². The molecule has 32 heavy (non-hydrogen) atoms. The molecule has 0 spiro atoms. The van der Waals surface area contributed by atoms with Gasteiger partial charge in [0.05, 0.1) is 26.0 Å². The minimum atomic E-state index is -3.84. The highest BCUT2D eigenvalue weighted by Gasteiger charge is 2.47. The van der Waals surface area contributed by atoms with Gasteiger partial charge in [0.2, 0.25) is 0 Å². The molecule has 2 amide bonds. The molecule has 2 saturated heterocycles. The van der Waals surface area contributed by atoms with Crippen LogP contribution < -0.4 is 0 Å². The predicted octanol–water partition coefficient (Wildman–Crippen LogP) is 2.16. The minimum Gasteiger partial charge on any atom is -0.449 e. The molecule has 2 aliphatic heterocycles. The first-order valence-corrected chi connectivity index (χ1v) is 12.9. The molecule has 0 N–H and O–H groups in total. The maximum absolute atomic E-state index is 13.0. The molecule has 10 heteroatoms. The van der Waals surface area contributed by atoms with Crippen molar-refractivity contribution in [2.75, 3.05) is 32.5 Å². The van der Waals surface area contributed by atoms with Crippen molar-refractivity contribution < 1.29 is 31.7 Å².